The van der Waals surface area contributed by atoms with Gasteiger partial charge in [0.25, 0.3) is 5.91 Å². The second-order valence-corrected chi connectivity index (χ2v) is 7.84. The van der Waals surface area contributed by atoms with Crippen LogP contribution in [0.4, 0.5) is 5.69 Å². The summed E-state index contributed by atoms with van der Waals surface area (Å²) in [6, 6.07) is 13.5. The molecule has 30 heavy (non-hydrogen) atoms. The molecule has 6 heteroatoms. The van der Waals surface area contributed by atoms with Crippen molar-refractivity contribution in [2.24, 2.45) is 0 Å². The van der Waals surface area contributed by atoms with E-state index in [-0.39, 0.29) is 12.0 Å². The van der Waals surface area contributed by atoms with Crippen molar-refractivity contribution in [3.05, 3.63) is 48.0 Å². The number of nitrogens with zero attached hydrogens (tertiary/aromatic N) is 2. The Hall–Kier alpha value is -2.89. The van der Waals surface area contributed by atoms with E-state index >= 15 is 0 Å². The number of ether oxygens (including phenoxy) is 3. The van der Waals surface area contributed by atoms with Crippen LogP contribution in [0.15, 0.2) is 42.5 Å². The van der Waals surface area contributed by atoms with E-state index in [4.69, 9.17) is 14.2 Å². The first kappa shape index (κ1) is 20.4. The molecule has 1 saturated carbocycles. The molecule has 0 spiro atoms. The molecule has 1 aliphatic heterocycles. The highest BCUT2D eigenvalue weighted by Gasteiger charge is 2.25. The molecule has 4 rings (SSSR count). The first-order valence-electron chi connectivity index (χ1n) is 10.7. The molecule has 2 aromatic carbocycles. The minimum Gasteiger partial charge on any atom is -0.495 e. The number of methoxy groups -OCH3 is 2. The predicted molar refractivity (Wildman–Crippen MR) is 117 cm³/mol. The van der Waals surface area contributed by atoms with E-state index in [0.717, 1.165) is 43.1 Å². The van der Waals surface area contributed by atoms with Crippen LogP contribution in [0, 0.1) is 0 Å². The van der Waals surface area contributed by atoms with Gasteiger partial charge in [-0.1, -0.05) is 12.1 Å². The number of carbonyl (C=O) groups is 1. The summed E-state index contributed by atoms with van der Waals surface area (Å²) >= 11 is 0. The van der Waals surface area contributed by atoms with E-state index in [1.54, 1.807) is 20.3 Å². The van der Waals surface area contributed by atoms with Gasteiger partial charge < -0.3 is 24.0 Å². The monoisotopic (exact) mass is 410 g/mol. The Balaban J connectivity index is 1.41. The molecule has 0 radical (unpaired) electrons. The highest BCUT2D eigenvalue weighted by molar-refractivity contribution is 5.95. The van der Waals surface area contributed by atoms with Gasteiger partial charge in [0, 0.05) is 31.7 Å². The number of carbonyl (C=O) groups excluding carboxylic acids is 1. The van der Waals surface area contributed by atoms with Crippen molar-refractivity contribution in [2.75, 3.05) is 45.3 Å². The summed E-state index contributed by atoms with van der Waals surface area (Å²) < 4.78 is 17.1. The molecule has 1 heterocycles. The van der Waals surface area contributed by atoms with Crippen LogP contribution in [0.1, 0.15) is 36.0 Å². The fourth-order valence-electron chi connectivity index (χ4n) is 4.31. The molecule has 1 amide bonds. The fourth-order valence-corrected chi connectivity index (χ4v) is 4.31. The molecule has 2 aromatic rings. The van der Waals surface area contributed by atoms with Gasteiger partial charge in [0.2, 0.25) is 0 Å². The van der Waals surface area contributed by atoms with Crippen molar-refractivity contribution >= 4 is 11.6 Å². The summed E-state index contributed by atoms with van der Waals surface area (Å²) in [6.07, 6.45) is 4.85. The maximum Gasteiger partial charge on any atom is 0.254 e. The van der Waals surface area contributed by atoms with Crippen LogP contribution < -0.4 is 19.1 Å². The lowest BCUT2D eigenvalue weighted by molar-refractivity contribution is 0.0746. The highest BCUT2D eigenvalue weighted by Crippen LogP contribution is 2.33. The Bertz CT molecular complexity index is 871. The summed E-state index contributed by atoms with van der Waals surface area (Å²) in [7, 11) is 3.31. The molecule has 0 bridgehead atoms. The van der Waals surface area contributed by atoms with Crippen molar-refractivity contribution in [2.45, 2.75) is 31.8 Å². The molecule has 2 aliphatic rings. The number of benzene rings is 2. The Morgan fingerprint density at radius 2 is 1.57 bits per heavy atom. The molecule has 1 saturated heterocycles. The van der Waals surface area contributed by atoms with Gasteiger partial charge in [0.1, 0.15) is 5.75 Å². The van der Waals surface area contributed by atoms with Gasteiger partial charge in [-0.3, -0.25) is 4.79 Å². The maximum absolute atomic E-state index is 13.1. The number of hydrogen-bond acceptors (Lipinski definition) is 5. The smallest absolute Gasteiger partial charge is 0.254 e. The molecule has 160 valence electrons. The average Bonchev–Trinajstić information content (AvgIpc) is 3.32. The lowest BCUT2D eigenvalue weighted by atomic mass is 10.1. The zero-order chi connectivity index (χ0) is 20.9. The SMILES string of the molecule is COc1cc(C(=O)N2CCN(c3ccccc3OC)CC2)ccc1OC1CCCC1. The fraction of sp³-hybridized carbons (Fsp3) is 0.458. The molecule has 0 unspecified atom stereocenters. The number of anilines is 1. The average molecular weight is 411 g/mol. The van der Waals surface area contributed by atoms with Crippen LogP contribution >= 0.6 is 0 Å². The van der Waals surface area contributed by atoms with E-state index in [0.29, 0.717) is 24.4 Å². The van der Waals surface area contributed by atoms with E-state index in [1.165, 1.54) is 12.8 Å². The summed E-state index contributed by atoms with van der Waals surface area (Å²) in [5.74, 6) is 2.24. The molecule has 6 nitrogen and oxygen atoms in total. The van der Waals surface area contributed by atoms with E-state index < -0.39 is 0 Å². The molecular weight excluding hydrogens is 380 g/mol. The maximum atomic E-state index is 13.1. The zero-order valence-corrected chi connectivity index (χ0v) is 17.8. The predicted octanol–water partition coefficient (Wildman–Crippen LogP) is 3.99. The van der Waals surface area contributed by atoms with Gasteiger partial charge in [0.15, 0.2) is 11.5 Å². The molecular formula is C24H30N2O4. The molecule has 0 atom stereocenters. The number of piperazine rings is 1. The number of hydrogen-bond donors (Lipinski definition) is 0. The first-order chi connectivity index (χ1) is 14.7. The number of rotatable bonds is 6. The summed E-state index contributed by atoms with van der Waals surface area (Å²) in [5.41, 5.74) is 1.71. The van der Waals surface area contributed by atoms with Crippen molar-refractivity contribution in [1.82, 2.24) is 4.90 Å². The van der Waals surface area contributed by atoms with Crippen molar-refractivity contribution < 1.29 is 19.0 Å². The van der Waals surface area contributed by atoms with Crippen LogP contribution in [-0.4, -0.2) is 57.3 Å². The van der Waals surface area contributed by atoms with Crippen molar-refractivity contribution in [3.8, 4) is 17.2 Å². The van der Waals surface area contributed by atoms with E-state index in [1.807, 2.05) is 35.2 Å². The second kappa shape index (κ2) is 9.28. The van der Waals surface area contributed by atoms with Gasteiger partial charge in [-0.2, -0.15) is 0 Å². The van der Waals surface area contributed by atoms with Crippen LogP contribution in [0.3, 0.4) is 0 Å². The van der Waals surface area contributed by atoms with Gasteiger partial charge in [-0.05, 0) is 56.0 Å². The standard InChI is InChI=1S/C24H30N2O4/c1-28-21-10-6-5-9-20(21)25-13-15-26(16-14-25)24(27)18-11-12-22(23(17-18)29-2)30-19-7-3-4-8-19/h5-6,9-12,17,19H,3-4,7-8,13-16H2,1-2H3. The number of amides is 1. The summed E-state index contributed by atoms with van der Waals surface area (Å²) in [4.78, 5) is 17.2. The van der Waals surface area contributed by atoms with Crippen molar-refractivity contribution in [3.63, 3.8) is 0 Å². The van der Waals surface area contributed by atoms with E-state index in [2.05, 4.69) is 11.0 Å². The Labute approximate surface area is 178 Å². The first-order valence-corrected chi connectivity index (χ1v) is 10.7. The summed E-state index contributed by atoms with van der Waals surface area (Å²) in [5, 5.41) is 0. The van der Waals surface area contributed by atoms with E-state index in [9.17, 15) is 4.79 Å². The van der Waals surface area contributed by atoms with Crippen LogP contribution in [0.25, 0.3) is 0 Å². The van der Waals surface area contributed by atoms with Gasteiger partial charge in [-0.15, -0.1) is 0 Å². The third-order valence-corrected chi connectivity index (χ3v) is 6.00. The van der Waals surface area contributed by atoms with Gasteiger partial charge in [0.05, 0.1) is 26.0 Å². The quantitative estimate of drug-likeness (QED) is 0.721. The number of para-hydroxylation sites is 2. The van der Waals surface area contributed by atoms with Gasteiger partial charge in [-0.25, -0.2) is 0 Å². The Kier molecular flexibility index (Phi) is 6.31. The van der Waals surface area contributed by atoms with Crippen LogP contribution in [0.2, 0.25) is 0 Å². The normalized spacial score (nSPS) is 17.1. The Morgan fingerprint density at radius 3 is 2.27 bits per heavy atom. The molecule has 0 N–H and O–H groups in total. The van der Waals surface area contributed by atoms with Gasteiger partial charge >= 0.3 is 0 Å². The lowest BCUT2D eigenvalue weighted by Crippen LogP contribution is -2.48. The third-order valence-electron chi connectivity index (χ3n) is 6.00. The molecule has 1 aliphatic carbocycles. The molecule has 2 fully saturated rings. The second-order valence-electron chi connectivity index (χ2n) is 7.84. The zero-order valence-electron chi connectivity index (χ0n) is 17.8. The van der Waals surface area contributed by atoms with Crippen LogP contribution in [-0.2, 0) is 0 Å². The van der Waals surface area contributed by atoms with Crippen LogP contribution in [0.5, 0.6) is 17.2 Å². The molecule has 0 aromatic heterocycles. The highest BCUT2D eigenvalue weighted by atomic mass is 16.5. The summed E-state index contributed by atoms with van der Waals surface area (Å²) in [6.45, 7) is 2.87. The topological polar surface area (TPSA) is 51.2 Å². The Morgan fingerprint density at radius 1 is 0.867 bits per heavy atom. The third kappa shape index (κ3) is 4.32. The minimum absolute atomic E-state index is 0.0281. The van der Waals surface area contributed by atoms with Crippen molar-refractivity contribution in [1.29, 1.82) is 0 Å². The minimum atomic E-state index is 0.0281. The largest absolute Gasteiger partial charge is 0.495 e. The lowest BCUT2D eigenvalue weighted by Gasteiger charge is -2.36.